The molecular formula is C9H9ClN2. The van der Waals surface area contributed by atoms with Crippen molar-refractivity contribution in [1.29, 1.82) is 0 Å². The van der Waals surface area contributed by atoms with Crippen LogP contribution in [0.25, 0.3) is 5.52 Å². The van der Waals surface area contributed by atoms with E-state index in [1.807, 2.05) is 22.6 Å². The first-order chi connectivity index (χ1) is 5.81. The fourth-order valence-electron chi connectivity index (χ4n) is 1.21. The van der Waals surface area contributed by atoms with Crippen LogP contribution in [0, 0.1) is 0 Å². The molecule has 0 spiro atoms. The van der Waals surface area contributed by atoms with E-state index in [4.69, 9.17) is 11.6 Å². The standard InChI is InChI=1S/C9H9ClN2/c1-2-7-5-8-3-4-9(10)12(8)6-11-7/h3-6H,2H2,1H3. The second-order valence-corrected chi connectivity index (χ2v) is 3.07. The molecule has 2 aromatic rings. The van der Waals surface area contributed by atoms with Crippen molar-refractivity contribution in [2.75, 3.05) is 0 Å². The summed E-state index contributed by atoms with van der Waals surface area (Å²) in [5.41, 5.74) is 2.20. The van der Waals surface area contributed by atoms with Crippen LogP contribution in [0.1, 0.15) is 12.6 Å². The van der Waals surface area contributed by atoms with Crippen molar-refractivity contribution in [3.8, 4) is 0 Å². The summed E-state index contributed by atoms with van der Waals surface area (Å²) in [5.74, 6) is 0. The minimum absolute atomic E-state index is 0.708. The predicted molar refractivity (Wildman–Crippen MR) is 49.6 cm³/mol. The van der Waals surface area contributed by atoms with E-state index >= 15 is 0 Å². The first-order valence-electron chi connectivity index (χ1n) is 3.92. The summed E-state index contributed by atoms with van der Waals surface area (Å²) in [6, 6.07) is 5.91. The summed E-state index contributed by atoms with van der Waals surface area (Å²) >= 11 is 5.89. The second-order valence-electron chi connectivity index (χ2n) is 2.68. The Morgan fingerprint density at radius 1 is 1.50 bits per heavy atom. The summed E-state index contributed by atoms with van der Waals surface area (Å²) in [7, 11) is 0. The number of fused-ring (bicyclic) bond motifs is 1. The lowest BCUT2D eigenvalue weighted by Crippen LogP contribution is -1.91. The molecule has 0 fully saturated rings. The van der Waals surface area contributed by atoms with Gasteiger partial charge in [-0.05, 0) is 24.6 Å². The average Bonchev–Trinajstić information content (AvgIpc) is 2.47. The number of hydrogen-bond acceptors (Lipinski definition) is 1. The van der Waals surface area contributed by atoms with Crippen molar-refractivity contribution in [2.24, 2.45) is 0 Å². The number of nitrogens with zero attached hydrogens (tertiary/aromatic N) is 2. The van der Waals surface area contributed by atoms with Gasteiger partial charge in [0, 0.05) is 11.2 Å². The SMILES string of the molecule is CCc1cc2ccc(Cl)n2cn1. The molecule has 2 heterocycles. The van der Waals surface area contributed by atoms with Crippen LogP contribution in [0.15, 0.2) is 24.5 Å². The maximum absolute atomic E-state index is 5.89. The highest BCUT2D eigenvalue weighted by atomic mass is 35.5. The number of aryl methyl sites for hydroxylation is 1. The fraction of sp³-hybridized carbons (Fsp3) is 0.222. The van der Waals surface area contributed by atoms with E-state index in [0.717, 1.165) is 17.6 Å². The van der Waals surface area contributed by atoms with Gasteiger partial charge in [0.1, 0.15) is 11.5 Å². The van der Waals surface area contributed by atoms with Gasteiger partial charge in [0.25, 0.3) is 0 Å². The average molecular weight is 181 g/mol. The summed E-state index contributed by atoms with van der Waals surface area (Å²) in [6.45, 7) is 2.09. The molecule has 12 heavy (non-hydrogen) atoms. The highest BCUT2D eigenvalue weighted by molar-refractivity contribution is 6.30. The van der Waals surface area contributed by atoms with E-state index in [0.29, 0.717) is 5.15 Å². The lowest BCUT2D eigenvalue weighted by molar-refractivity contribution is 0.982. The van der Waals surface area contributed by atoms with Crippen molar-refractivity contribution < 1.29 is 0 Å². The van der Waals surface area contributed by atoms with Gasteiger partial charge in [0.15, 0.2) is 0 Å². The molecular weight excluding hydrogens is 172 g/mol. The van der Waals surface area contributed by atoms with Crippen molar-refractivity contribution in [3.63, 3.8) is 0 Å². The van der Waals surface area contributed by atoms with Crippen LogP contribution < -0.4 is 0 Å². The summed E-state index contributed by atoms with van der Waals surface area (Å²) in [6.07, 6.45) is 2.72. The Labute approximate surface area is 75.8 Å². The lowest BCUT2D eigenvalue weighted by Gasteiger charge is -1.98. The van der Waals surface area contributed by atoms with Gasteiger partial charge in [0.2, 0.25) is 0 Å². The molecule has 2 nitrogen and oxygen atoms in total. The van der Waals surface area contributed by atoms with E-state index in [-0.39, 0.29) is 0 Å². The molecule has 0 N–H and O–H groups in total. The Kier molecular flexibility index (Phi) is 1.77. The third kappa shape index (κ3) is 1.08. The molecule has 0 aliphatic heterocycles. The largest absolute Gasteiger partial charge is 0.291 e. The van der Waals surface area contributed by atoms with Gasteiger partial charge in [-0.15, -0.1) is 0 Å². The molecule has 0 saturated heterocycles. The van der Waals surface area contributed by atoms with Gasteiger partial charge in [0.05, 0.1) is 0 Å². The van der Waals surface area contributed by atoms with E-state index < -0.39 is 0 Å². The third-order valence-corrected chi connectivity index (χ3v) is 2.22. The van der Waals surface area contributed by atoms with Crippen LogP contribution in [0.3, 0.4) is 0 Å². The molecule has 0 saturated carbocycles. The Morgan fingerprint density at radius 3 is 3.08 bits per heavy atom. The normalized spacial score (nSPS) is 10.8. The van der Waals surface area contributed by atoms with Crippen LogP contribution in [0.2, 0.25) is 5.15 Å². The van der Waals surface area contributed by atoms with Crippen molar-refractivity contribution in [2.45, 2.75) is 13.3 Å². The smallest absolute Gasteiger partial charge is 0.114 e. The van der Waals surface area contributed by atoms with Crippen LogP contribution in [0.4, 0.5) is 0 Å². The van der Waals surface area contributed by atoms with Gasteiger partial charge in [-0.2, -0.15) is 0 Å². The molecule has 0 aliphatic rings. The molecule has 0 aliphatic carbocycles. The molecule has 62 valence electrons. The zero-order valence-corrected chi connectivity index (χ0v) is 7.54. The highest BCUT2D eigenvalue weighted by Gasteiger charge is 1.98. The van der Waals surface area contributed by atoms with Crippen molar-refractivity contribution >= 4 is 17.1 Å². The quantitative estimate of drug-likeness (QED) is 0.660. The van der Waals surface area contributed by atoms with E-state index in [2.05, 4.69) is 11.9 Å². The van der Waals surface area contributed by atoms with Crippen LogP contribution in [-0.2, 0) is 6.42 Å². The molecule has 0 amide bonds. The fourth-order valence-corrected chi connectivity index (χ4v) is 1.41. The van der Waals surface area contributed by atoms with Gasteiger partial charge < -0.3 is 0 Å². The number of hydrogen-bond donors (Lipinski definition) is 0. The first-order valence-corrected chi connectivity index (χ1v) is 4.30. The van der Waals surface area contributed by atoms with Gasteiger partial charge in [-0.3, -0.25) is 4.40 Å². The van der Waals surface area contributed by atoms with Crippen molar-refractivity contribution in [1.82, 2.24) is 9.38 Å². The minimum Gasteiger partial charge on any atom is -0.291 e. The van der Waals surface area contributed by atoms with Crippen molar-refractivity contribution in [3.05, 3.63) is 35.4 Å². The van der Waals surface area contributed by atoms with E-state index in [1.165, 1.54) is 0 Å². The Bertz CT molecular complexity index is 406. The van der Waals surface area contributed by atoms with Gasteiger partial charge in [-0.1, -0.05) is 18.5 Å². The Balaban J connectivity index is 2.69. The summed E-state index contributed by atoms with van der Waals surface area (Å²) in [5, 5.41) is 0.708. The monoisotopic (exact) mass is 180 g/mol. The number of aromatic nitrogens is 2. The molecule has 0 radical (unpaired) electrons. The summed E-state index contributed by atoms with van der Waals surface area (Å²) in [4.78, 5) is 4.24. The highest BCUT2D eigenvalue weighted by Crippen LogP contribution is 2.14. The zero-order valence-electron chi connectivity index (χ0n) is 6.79. The molecule has 0 bridgehead atoms. The molecule has 3 heteroatoms. The zero-order chi connectivity index (χ0) is 8.55. The number of rotatable bonds is 1. The topological polar surface area (TPSA) is 17.3 Å². The van der Waals surface area contributed by atoms with Crippen LogP contribution >= 0.6 is 11.6 Å². The predicted octanol–water partition coefficient (Wildman–Crippen LogP) is 2.55. The van der Waals surface area contributed by atoms with E-state index in [1.54, 1.807) is 6.33 Å². The molecule has 0 atom stereocenters. The minimum atomic E-state index is 0.708. The maximum Gasteiger partial charge on any atom is 0.114 e. The summed E-state index contributed by atoms with van der Waals surface area (Å²) < 4.78 is 1.86. The maximum atomic E-state index is 5.89. The Hall–Kier alpha value is -1.02. The van der Waals surface area contributed by atoms with Gasteiger partial charge >= 0.3 is 0 Å². The molecule has 0 aromatic carbocycles. The first kappa shape index (κ1) is 7.62. The van der Waals surface area contributed by atoms with Crippen LogP contribution in [-0.4, -0.2) is 9.38 Å². The van der Waals surface area contributed by atoms with E-state index in [9.17, 15) is 0 Å². The molecule has 2 rings (SSSR count). The lowest BCUT2D eigenvalue weighted by atomic mass is 10.3. The molecule has 2 aromatic heterocycles. The third-order valence-electron chi connectivity index (χ3n) is 1.92. The second kappa shape index (κ2) is 2.79. The Morgan fingerprint density at radius 2 is 2.33 bits per heavy atom. The number of halogens is 1. The molecule has 0 unspecified atom stereocenters. The van der Waals surface area contributed by atoms with Gasteiger partial charge in [-0.25, -0.2) is 4.98 Å². The van der Waals surface area contributed by atoms with Crippen LogP contribution in [0.5, 0.6) is 0 Å².